The van der Waals surface area contributed by atoms with Crippen molar-refractivity contribution >= 4 is 17.4 Å². The molecule has 0 fully saturated rings. The van der Waals surface area contributed by atoms with Gasteiger partial charge in [-0.1, -0.05) is 0 Å². The van der Waals surface area contributed by atoms with Crippen LogP contribution in [-0.4, -0.2) is 11.8 Å². The summed E-state index contributed by atoms with van der Waals surface area (Å²) in [5, 5.41) is 10.1. The molecule has 1 aromatic rings. The Morgan fingerprint density at radius 3 is 2.43 bits per heavy atom. The quantitative estimate of drug-likeness (QED) is 0.241. The van der Waals surface area contributed by atoms with Crippen LogP contribution < -0.4 is 62.2 Å². The molecule has 6 heteroatoms. The van der Waals surface area contributed by atoms with Crippen molar-refractivity contribution in [2.24, 2.45) is 0 Å². The third-order valence-electron chi connectivity index (χ3n) is 1.45. The average molecular weight is 221 g/mol. The number of aliphatic carboxylic acids is 1. The number of rotatable bonds is 2. The fourth-order valence-electron chi connectivity index (χ4n) is 0.835. The number of nitrogens with two attached hydrogens (primary N) is 1. The molecular weight excluding hydrogens is 216 g/mol. The van der Waals surface area contributed by atoms with Gasteiger partial charge in [0.25, 0.3) is 0 Å². The van der Waals surface area contributed by atoms with Crippen LogP contribution in [-0.2, 0) is 4.79 Å². The van der Waals surface area contributed by atoms with Crippen molar-refractivity contribution in [1.29, 1.82) is 0 Å². The normalized spacial score (nSPS) is 8.93. The van der Waals surface area contributed by atoms with Crippen molar-refractivity contribution in [3.8, 4) is 0 Å². The average Bonchev–Trinajstić information content (AvgIpc) is 2.08. The Balaban J connectivity index is 0.00000169. The van der Waals surface area contributed by atoms with Crippen molar-refractivity contribution in [2.45, 2.75) is 0 Å². The molecule has 0 spiro atoms. The zero-order valence-electron chi connectivity index (χ0n) is 7.41. The van der Waals surface area contributed by atoms with Crippen LogP contribution in [0.2, 0.25) is 0 Å². The second-order valence-electron chi connectivity index (χ2n) is 2.35. The number of carboxylic acids is 1. The van der Waals surface area contributed by atoms with Crippen LogP contribution in [0.5, 0.6) is 0 Å². The summed E-state index contributed by atoms with van der Waals surface area (Å²) in [4.78, 5) is 20.9. The van der Waals surface area contributed by atoms with Gasteiger partial charge in [0.05, 0.1) is 0 Å². The first-order chi connectivity index (χ1) is 6.02. The first kappa shape index (κ1) is 13.7. The number of hydrogen-bond donors (Lipinski definition) is 1. The molecule has 0 unspecified atom stereocenters. The maximum Gasteiger partial charge on any atom is 1.00 e. The summed E-state index contributed by atoms with van der Waals surface area (Å²) in [7, 11) is 0. The van der Waals surface area contributed by atoms with Gasteiger partial charge in [-0.15, -0.1) is 0 Å². The number of carbonyl (C=O) groups is 2. The van der Waals surface area contributed by atoms with Crippen LogP contribution in [0.4, 0.5) is 10.1 Å². The second kappa shape index (κ2) is 5.57. The zero-order valence-corrected chi connectivity index (χ0v) is 10.5. The van der Waals surface area contributed by atoms with Gasteiger partial charge < -0.3 is 15.6 Å². The summed E-state index contributed by atoms with van der Waals surface area (Å²) < 4.78 is 12.5. The Morgan fingerprint density at radius 1 is 1.36 bits per heavy atom. The number of Topliss-reactive ketones (excluding diaryl/α,β-unsaturated/α-hetero) is 1. The van der Waals surface area contributed by atoms with Crippen LogP contribution in [0.1, 0.15) is 10.4 Å². The number of ketones is 1. The van der Waals surface area contributed by atoms with Crippen LogP contribution in [0.15, 0.2) is 18.2 Å². The number of hydrogen-bond acceptors (Lipinski definition) is 4. The van der Waals surface area contributed by atoms with Gasteiger partial charge in [-0.2, -0.15) is 0 Å². The second-order valence-corrected chi connectivity index (χ2v) is 2.35. The third kappa shape index (κ3) is 3.14. The molecule has 0 aliphatic rings. The summed E-state index contributed by atoms with van der Waals surface area (Å²) >= 11 is 0. The van der Waals surface area contributed by atoms with E-state index in [0.29, 0.717) is 0 Å². The molecule has 2 N–H and O–H groups in total. The first-order valence-corrected chi connectivity index (χ1v) is 3.33. The molecule has 0 heterocycles. The number of nitrogen functional groups attached to an aromatic ring is 1. The van der Waals surface area contributed by atoms with E-state index < -0.39 is 17.6 Å². The zero-order chi connectivity index (χ0) is 10.0. The molecule has 1 aromatic carbocycles. The molecule has 0 atom stereocenters. The summed E-state index contributed by atoms with van der Waals surface area (Å²) in [6.45, 7) is 0. The molecule has 0 saturated heterocycles. The molecule has 4 nitrogen and oxygen atoms in total. The maximum atomic E-state index is 12.5. The molecule has 0 aliphatic heterocycles. The van der Waals surface area contributed by atoms with E-state index >= 15 is 0 Å². The first-order valence-electron chi connectivity index (χ1n) is 3.33. The van der Waals surface area contributed by atoms with E-state index in [1.807, 2.05) is 0 Å². The molecule has 0 aromatic heterocycles. The van der Waals surface area contributed by atoms with Gasteiger partial charge in [0, 0.05) is 11.3 Å². The Kier molecular flexibility index (Phi) is 5.46. The van der Waals surface area contributed by atoms with Crippen LogP contribution in [0.25, 0.3) is 0 Å². The minimum Gasteiger partial charge on any atom is -0.541 e. The molecule has 1 rings (SSSR count). The molecule has 0 amide bonds. The van der Waals surface area contributed by atoms with E-state index in [2.05, 4.69) is 0 Å². The molecule has 0 radical (unpaired) electrons. The van der Waals surface area contributed by atoms with E-state index in [4.69, 9.17) is 5.73 Å². The standard InChI is InChI=1S/C8H6FNO3.K/c9-4-1-2-6(10)5(3-4)7(11)8(12)13;/h1-3H,10H2,(H,12,13);/q;+1/p-1. The molecule has 14 heavy (non-hydrogen) atoms. The third-order valence-corrected chi connectivity index (χ3v) is 1.45. The predicted molar refractivity (Wildman–Crippen MR) is 40.1 cm³/mol. The van der Waals surface area contributed by atoms with Crippen molar-refractivity contribution in [1.82, 2.24) is 0 Å². The van der Waals surface area contributed by atoms with Gasteiger partial charge in [-0.3, -0.25) is 4.79 Å². The van der Waals surface area contributed by atoms with Crippen molar-refractivity contribution in [3.05, 3.63) is 29.6 Å². The van der Waals surface area contributed by atoms with E-state index in [1.54, 1.807) is 0 Å². The monoisotopic (exact) mass is 221 g/mol. The minimum atomic E-state index is -1.91. The van der Waals surface area contributed by atoms with Gasteiger partial charge in [0.15, 0.2) is 0 Å². The van der Waals surface area contributed by atoms with Gasteiger partial charge in [-0.05, 0) is 18.2 Å². The van der Waals surface area contributed by atoms with Crippen molar-refractivity contribution in [2.75, 3.05) is 5.73 Å². The summed E-state index contributed by atoms with van der Waals surface area (Å²) in [5.74, 6) is -3.95. The minimum absolute atomic E-state index is 0. The smallest absolute Gasteiger partial charge is 0.541 e. The Bertz CT molecular complexity index is 381. The van der Waals surface area contributed by atoms with Crippen LogP contribution >= 0.6 is 0 Å². The van der Waals surface area contributed by atoms with Crippen molar-refractivity contribution < 1.29 is 70.5 Å². The molecule has 0 bridgehead atoms. The van der Waals surface area contributed by atoms with E-state index in [0.717, 1.165) is 18.2 Å². The van der Waals surface area contributed by atoms with E-state index in [1.165, 1.54) is 0 Å². The summed E-state index contributed by atoms with van der Waals surface area (Å²) in [6.07, 6.45) is 0. The van der Waals surface area contributed by atoms with Gasteiger partial charge in [0.1, 0.15) is 11.8 Å². The molecular formula is C8H5FKNO3. The van der Waals surface area contributed by atoms with E-state index in [9.17, 15) is 19.1 Å². The van der Waals surface area contributed by atoms with Gasteiger partial charge in [0.2, 0.25) is 5.78 Å². The maximum absolute atomic E-state index is 12.5. The Hall–Kier alpha value is -0.274. The molecule has 68 valence electrons. The number of carbonyl (C=O) groups excluding carboxylic acids is 2. The Labute approximate surface area is 122 Å². The van der Waals surface area contributed by atoms with Crippen LogP contribution in [0.3, 0.4) is 0 Å². The molecule has 0 saturated carbocycles. The number of carboxylic acid groups (broad SMARTS) is 1. The fourth-order valence-corrected chi connectivity index (χ4v) is 0.835. The fraction of sp³-hybridized carbons (Fsp3) is 0. The van der Waals surface area contributed by atoms with E-state index in [-0.39, 0.29) is 62.6 Å². The van der Waals surface area contributed by atoms with Gasteiger partial charge in [-0.25, -0.2) is 4.39 Å². The van der Waals surface area contributed by atoms with Crippen LogP contribution in [0, 0.1) is 5.82 Å². The number of halogens is 1. The van der Waals surface area contributed by atoms with Gasteiger partial charge >= 0.3 is 51.4 Å². The topological polar surface area (TPSA) is 83.2 Å². The predicted octanol–water partition coefficient (Wildman–Crippen LogP) is -3.66. The summed E-state index contributed by atoms with van der Waals surface area (Å²) in [6, 6.07) is 2.90. The largest absolute Gasteiger partial charge is 1.00 e. The summed E-state index contributed by atoms with van der Waals surface area (Å²) in [5.41, 5.74) is 4.77. The number of benzene rings is 1. The number of anilines is 1. The SMILES string of the molecule is Nc1ccc(F)cc1C(=O)C(=O)[O-].[K+]. The molecule has 0 aliphatic carbocycles. The van der Waals surface area contributed by atoms with Crippen molar-refractivity contribution in [3.63, 3.8) is 0 Å². The Morgan fingerprint density at radius 2 is 1.93 bits per heavy atom.